The Balaban J connectivity index is 1.18. The van der Waals surface area contributed by atoms with Crippen molar-refractivity contribution in [1.29, 1.82) is 0 Å². The van der Waals surface area contributed by atoms with E-state index in [1.807, 2.05) is 6.92 Å². The molecule has 0 saturated heterocycles. The number of carbonyl (C=O) groups is 2. The lowest BCUT2D eigenvalue weighted by molar-refractivity contribution is -0.174. The van der Waals surface area contributed by atoms with E-state index in [0.29, 0.717) is 54.8 Å². The number of terminal acetylenes is 1. The van der Waals surface area contributed by atoms with Crippen molar-refractivity contribution in [2.75, 3.05) is 6.54 Å². The van der Waals surface area contributed by atoms with Crippen LogP contribution in [0.2, 0.25) is 0 Å². The van der Waals surface area contributed by atoms with E-state index < -0.39 is 11.7 Å². The van der Waals surface area contributed by atoms with Crippen LogP contribution in [0.1, 0.15) is 105 Å². The molecule has 0 aromatic carbocycles. The molecule has 1 aliphatic heterocycles. The molecule has 4 saturated carbocycles. The van der Waals surface area contributed by atoms with Gasteiger partial charge in [0.05, 0.1) is 18.8 Å². The van der Waals surface area contributed by atoms with Crippen molar-refractivity contribution in [2.45, 2.75) is 129 Å². The largest absolute Gasteiger partial charge is 0.393 e. The van der Waals surface area contributed by atoms with Crippen molar-refractivity contribution in [3.05, 3.63) is 0 Å². The van der Waals surface area contributed by atoms with E-state index in [1.165, 1.54) is 6.42 Å². The van der Waals surface area contributed by atoms with Gasteiger partial charge in [0.15, 0.2) is 5.66 Å². The summed E-state index contributed by atoms with van der Waals surface area (Å²) < 4.78 is 0. The molecule has 5 aliphatic rings. The van der Waals surface area contributed by atoms with E-state index in [2.05, 4.69) is 47.6 Å². The predicted molar refractivity (Wildman–Crippen MR) is 157 cm³/mol. The molecule has 2 amide bonds. The SMILES string of the molecule is C#CCNC(=O)C(CCC1(C)N=N1)NC(=O)CC[C@@H](C)[C@H]1CC[C@H]2[C@@H]3C(O)C[C@@H]4C[C@H](O)CC[C@]4(C)C3CC[C@]12C. The zero-order valence-electron chi connectivity index (χ0n) is 25.6. The summed E-state index contributed by atoms with van der Waals surface area (Å²) in [7, 11) is 0. The van der Waals surface area contributed by atoms with E-state index in [0.717, 1.165) is 51.4 Å². The second-order valence-electron chi connectivity index (χ2n) is 15.0. The molecule has 228 valence electrons. The molecular weight excluding hydrogens is 516 g/mol. The minimum atomic E-state index is -0.642. The highest BCUT2D eigenvalue weighted by atomic mass is 16.3. The maximum absolute atomic E-state index is 13.0. The van der Waals surface area contributed by atoms with Crippen LogP contribution >= 0.6 is 0 Å². The molecule has 41 heavy (non-hydrogen) atoms. The van der Waals surface area contributed by atoms with Gasteiger partial charge in [-0.25, -0.2) is 0 Å². The Morgan fingerprint density at radius 3 is 2.41 bits per heavy atom. The molecule has 4 aliphatic carbocycles. The van der Waals surface area contributed by atoms with E-state index in [4.69, 9.17) is 6.42 Å². The molecule has 4 N–H and O–H groups in total. The summed E-state index contributed by atoms with van der Waals surface area (Å²) >= 11 is 0. The molecule has 8 nitrogen and oxygen atoms in total. The monoisotopic (exact) mass is 568 g/mol. The number of amides is 2. The summed E-state index contributed by atoms with van der Waals surface area (Å²) in [4.78, 5) is 25.7. The number of aliphatic hydroxyl groups excluding tert-OH is 2. The van der Waals surface area contributed by atoms with Crippen LogP contribution in [0.25, 0.3) is 0 Å². The van der Waals surface area contributed by atoms with Crippen molar-refractivity contribution in [2.24, 2.45) is 56.6 Å². The first-order valence-electron chi connectivity index (χ1n) is 16.2. The maximum atomic E-state index is 13.0. The highest BCUT2D eigenvalue weighted by Gasteiger charge is 2.62. The van der Waals surface area contributed by atoms with Crippen molar-refractivity contribution < 1.29 is 19.8 Å². The Hall–Kier alpha value is -1.98. The lowest BCUT2D eigenvalue weighted by atomic mass is 9.43. The van der Waals surface area contributed by atoms with Gasteiger partial charge in [0, 0.05) is 6.42 Å². The highest BCUT2D eigenvalue weighted by Crippen LogP contribution is 2.68. The van der Waals surface area contributed by atoms with E-state index in [-0.39, 0.29) is 41.4 Å². The lowest BCUT2D eigenvalue weighted by Gasteiger charge is -2.62. The standard InChI is InChI=1S/C33H52N4O4/c1-6-17-34-30(41)26(13-16-33(5)36-37-33)35-28(40)10-7-20(2)23-8-9-24-29-25(12-15-32(23,24)4)31(3)14-11-22(38)18-21(31)19-27(29)39/h1,20-27,29,38-39H,7-19H2,2-5H3,(H,34,41)(H,35,40)/t20-,21+,22-,23-,24+,25?,26?,27?,29+,31+,32-/m1/s1. The molecule has 0 bridgehead atoms. The summed E-state index contributed by atoms with van der Waals surface area (Å²) in [5.41, 5.74) is -0.0198. The number of rotatable bonds is 10. The predicted octanol–water partition coefficient (Wildman–Crippen LogP) is 4.59. The van der Waals surface area contributed by atoms with Gasteiger partial charge in [-0.2, -0.15) is 10.2 Å². The van der Waals surface area contributed by atoms with Crippen LogP contribution in [0.15, 0.2) is 10.2 Å². The van der Waals surface area contributed by atoms with E-state index in [1.54, 1.807) is 0 Å². The number of nitrogens with one attached hydrogen (secondary N) is 2. The van der Waals surface area contributed by atoms with Gasteiger partial charge in [0.25, 0.3) is 0 Å². The fourth-order valence-electron chi connectivity index (χ4n) is 10.1. The van der Waals surface area contributed by atoms with Crippen LogP contribution in [-0.2, 0) is 9.59 Å². The van der Waals surface area contributed by atoms with Gasteiger partial charge >= 0.3 is 0 Å². The maximum Gasteiger partial charge on any atom is 0.243 e. The van der Waals surface area contributed by atoms with Crippen molar-refractivity contribution in [3.8, 4) is 12.3 Å². The average Bonchev–Trinajstić information content (AvgIpc) is 3.56. The van der Waals surface area contributed by atoms with Crippen molar-refractivity contribution in [1.82, 2.24) is 10.6 Å². The second-order valence-corrected chi connectivity index (χ2v) is 15.0. The van der Waals surface area contributed by atoms with Gasteiger partial charge in [-0.1, -0.05) is 26.7 Å². The second kappa shape index (κ2) is 11.6. The molecular formula is C33H52N4O4. The van der Waals surface area contributed by atoms with E-state index in [9.17, 15) is 19.8 Å². The number of hydrogen-bond acceptors (Lipinski definition) is 6. The summed E-state index contributed by atoms with van der Waals surface area (Å²) in [6, 6.07) is -0.642. The van der Waals surface area contributed by atoms with Crippen molar-refractivity contribution >= 4 is 11.8 Å². The van der Waals surface area contributed by atoms with Gasteiger partial charge in [0.2, 0.25) is 11.8 Å². The number of fused-ring (bicyclic) bond motifs is 5. The van der Waals surface area contributed by atoms with Crippen LogP contribution in [0.4, 0.5) is 0 Å². The molecule has 5 rings (SSSR count). The number of nitrogens with zero attached hydrogens (tertiary/aromatic N) is 2. The minimum Gasteiger partial charge on any atom is -0.393 e. The lowest BCUT2D eigenvalue weighted by Crippen LogP contribution is -2.58. The minimum absolute atomic E-state index is 0.0999. The molecule has 4 fully saturated rings. The molecule has 0 radical (unpaired) electrons. The number of hydrogen-bond donors (Lipinski definition) is 4. The van der Waals surface area contributed by atoms with Crippen LogP contribution in [0.5, 0.6) is 0 Å². The zero-order valence-corrected chi connectivity index (χ0v) is 25.6. The van der Waals surface area contributed by atoms with Crippen LogP contribution in [-0.4, -0.2) is 52.5 Å². The Bertz CT molecular complexity index is 1070. The topological polar surface area (TPSA) is 123 Å². The fraction of sp³-hybridized carbons (Fsp3) is 0.879. The Morgan fingerprint density at radius 1 is 1.00 bits per heavy atom. The van der Waals surface area contributed by atoms with Gasteiger partial charge in [-0.3, -0.25) is 9.59 Å². The Morgan fingerprint density at radius 2 is 1.71 bits per heavy atom. The third-order valence-electron chi connectivity index (χ3n) is 12.6. The van der Waals surface area contributed by atoms with Gasteiger partial charge in [-0.15, -0.1) is 6.42 Å². The average molecular weight is 569 g/mol. The zero-order chi connectivity index (χ0) is 29.6. The van der Waals surface area contributed by atoms with Gasteiger partial charge in [0.1, 0.15) is 6.04 Å². The van der Waals surface area contributed by atoms with E-state index >= 15 is 0 Å². The molecule has 0 aromatic rings. The fourth-order valence-corrected chi connectivity index (χ4v) is 10.1. The Labute approximate surface area is 246 Å². The first kappa shape index (κ1) is 30.5. The normalized spacial score (nSPS) is 41.6. The third kappa shape index (κ3) is 5.95. The summed E-state index contributed by atoms with van der Waals surface area (Å²) in [6.45, 7) is 9.27. The van der Waals surface area contributed by atoms with Gasteiger partial charge < -0.3 is 20.8 Å². The summed E-state index contributed by atoms with van der Waals surface area (Å²) in [5.74, 6) is 4.81. The highest BCUT2D eigenvalue weighted by molar-refractivity contribution is 5.87. The van der Waals surface area contributed by atoms with Crippen LogP contribution in [0, 0.1) is 58.7 Å². The summed E-state index contributed by atoms with van der Waals surface area (Å²) in [5, 5.41) is 35.6. The summed E-state index contributed by atoms with van der Waals surface area (Å²) in [6.07, 6.45) is 15.4. The number of carbonyl (C=O) groups excluding carboxylic acids is 2. The quantitative estimate of drug-likeness (QED) is 0.288. The number of aliphatic hydroxyl groups is 2. The smallest absolute Gasteiger partial charge is 0.243 e. The first-order valence-corrected chi connectivity index (χ1v) is 16.2. The molecule has 8 heteroatoms. The van der Waals surface area contributed by atoms with Gasteiger partial charge in [-0.05, 0) is 124 Å². The Kier molecular flexibility index (Phi) is 8.62. The molecule has 0 spiro atoms. The van der Waals surface area contributed by atoms with Crippen molar-refractivity contribution in [3.63, 3.8) is 0 Å². The van der Waals surface area contributed by atoms with Crippen LogP contribution < -0.4 is 10.6 Å². The molecule has 11 atom stereocenters. The molecule has 1 heterocycles. The molecule has 0 aromatic heterocycles. The van der Waals surface area contributed by atoms with Crippen LogP contribution in [0.3, 0.4) is 0 Å². The molecule has 3 unspecified atom stereocenters. The first-order chi connectivity index (χ1) is 19.4. The third-order valence-corrected chi connectivity index (χ3v) is 12.6.